The lowest BCUT2D eigenvalue weighted by molar-refractivity contribution is 0.500. The van der Waals surface area contributed by atoms with Crippen LogP contribution in [0.25, 0.3) is 0 Å². The van der Waals surface area contributed by atoms with E-state index >= 15 is 0 Å². The van der Waals surface area contributed by atoms with Crippen molar-refractivity contribution in [3.05, 3.63) is 22.3 Å². The molecule has 90 valence electrons. The highest BCUT2D eigenvalue weighted by atomic mass is 19.4. The number of halogens is 3. The molecule has 0 heterocycles. The van der Waals surface area contributed by atoms with E-state index in [-0.39, 0.29) is 23.4 Å². The van der Waals surface area contributed by atoms with Crippen LogP contribution in [0.2, 0.25) is 0 Å². The lowest BCUT2D eigenvalue weighted by Gasteiger charge is -2.26. The van der Waals surface area contributed by atoms with E-state index in [1.54, 1.807) is 6.92 Å². The number of hydrogen-bond acceptors (Lipinski definition) is 2. The highest BCUT2D eigenvalue weighted by Gasteiger charge is 2.31. The molecular formula is C10H15BF3N2-. The third kappa shape index (κ3) is 1.89. The number of anilines is 1. The molecule has 2 nitrogen and oxygen atoms in total. The molecule has 0 radical (unpaired) electrons. The summed E-state index contributed by atoms with van der Waals surface area (Å²) < 4.78 is 38.7. The van der Waals surface area contributed by atoms with E-state index in [0.717, 1.165) is 0 Å². The van der Waals surface area contributed by atoms with Crippen molar-refractivity contribution in [3.8, 4) is 0 Å². The average Bonchev–Trinajstić information content (AvgIpc) is 2.13. The molecule has 6 heteroatoms. The Morgan fingerprint density at radius 1 is 1.00 bits per heavy atom. The average molecular weight is 231 g/mol. The smallest absolute Gasteiger partial charge is 0.445 e. The fourth-order valence-corrected chi connectivity index (χ4v) is 2.11. The predicted octanol–water partition coefficient (Wildman–Crippen LogP) is 1.71. The van der Waals surface area contributed by atoms with Crippen LogP contribution in [-0.4, -0.2) is 6.98 Å². The summed E-state index contributed by atoms with van der Waals surface area (Å²) in [4.78, 5) is 0. The molecule has 4 N–H and O–H groups in total. The fourth-order valence-electron chi connectivity index (χ4n) is 2.11. The quantitative estimate of drug-likeness (QED) is 0.601. The molecule has 0 saturated heterocycles. The summed E-state index contributed by atoms with van der Waals surface area (Å²) in [6.07, 6.45) is 0. The normalized spacial score (nSPS) is 11.9. The first-order chi connectivity index (χ1) is 7.21. The van der Waals surface area contributed by atoms with Crippen LogP contribution in [0.15, 0.2) is 0 Å². The summed E-state index contributed by atoms with van der Waals surface area (Å²) in [6, 6.07) is 0. The first kappa shape index (κ1) is 12.9. The van der Waals surface area contributed by atoms with Crippen LogP contribution in [0.4, 0.5) is 18.6 Å². The lowest BCUT2D eigenvalue weighted by atomic mass is 9.71. The van der Waals surface area contributed by atoms with E-state index < -0.39 is 12.4 Å². The van der Waals surface area contributed by atoms with Crippen LogP contribution in [0.5, 0.6) is 0 Å². The van der Waals surface area contributed by atoms with Crippen LogP contribution in [0.1, 0.15) is 22.3 Å². The minimum Gasteiger partial charge on any atom is -0.445 e. The van der Waals surface area contributed by atoms with E-state index in [1.807, 2.05) is 0 Å². The minimum absolute atomic E-state index is 0.0707. The number of nitrogen functional groups attached to an aromatic ring is 1. The maximum atomic E-state index is 12.9. The Hall–Kier alpha value is -1.17. The van der Waals surface area contributed by atoms with E-state index in [0.29, 0.717) is 11.1 Å². The number of rotatable bonds is 2. The first-order valence-corrected chi connectivity index (χ1v) is 4.99. The van der Waals surface area contributed by atoms with Gasteiger partial charge in [-0.2, -0.15) is 0 Å². The van der Waals surface area contributed by atoms with E-state index in [1.165, 1.54) is 13.8 Å². The number of nitrogens with two attached hydrogens (primary N) is 2. The van der Waals surface area contributed by atoms with Gasteiger partial charge in [-0.3, -0.25) is 0 Å². The van der Waals surface area contributed by atoms with Crippen molar-refractivity contribution in [2.24, 2.45) is 5.73 Å². The van der Waals surface area contributed by atoms with Gasteiger partial charge in [0.25, 0.3) is 0 Å². The van der Waals surface area contributed by atoms with Crippen molar-refractivity contribution >= 4 is 18.1 Å². The largest absolute Gasteiger partial charge is 0.510 e. The predicted molar refractivity (Wildman–Crippen MR) is 61.7 cm³/mol. The minimum atomic E-state index is -5.05. The van der Waals surface area contributed by atoms with Gasteiger partial charge < -0.3 is 24.4 Å². The van der Waals surface area contributed by atoms with Gasteiger partial charge in [0.2, 0.25) is 0 Å². The van der Waals surface area contributed by atoms with Crippen molar-refractivity contribution in [2.75, 3.05) is 5.73 Å². The Labute approximate surface area is 92.9 Å². The molecule has 0 amide bonds. The van der Waals surface area contributed by atoms with Crippen molar-refractivity contribution in [1.82, 2.24) is 0 Å². The Balaban J connectivity index is 3.69. The van der Waals surface area contributed by atoms with Gasteiger partial charge in [0.1, 0.15) is 0 Å². The van der Waals surface area contributed by atoms with E-state index in [9.17, 15) is 12.9 Å². The topological polar surface area (TPSA) is 52.0 Å². The molecule has 0 atom stereocenters. The zero-order valence-electron chi connectivity index (χ0n) is 9.57. The highest BCUT2D eigenvalue weighted by molar-refractivity contribution is 6.74. The standard InChI is InChI=1S/C10H15BF3N2/c1-5-8(4-15)6(2)10(16)7(3)9(5)11(12,13)14/h4,15-16H2,1-3H3/q-1. The summed E-state index contributed by atoms with van der Waals surface area (Å²) in [7, 11) is 0. The van der Waals surface area contributed by atoms with E-state index in [4.69, 9.17) is 11.5 Å². The Kier molecular flexibility index (Phi) is 3.24. The first-order valence-electron chi connectivity index (χ1n) is 4.99. The molecule has 0 aliphatic carbocycles. The van der Waals surface area contributed by atoms with Crippen LogP contribution in [0, 0.1) is 20.8 Å². The maximum absolute atomic E-state index is 12.9. The molecule has 1 aromatic rings. The molecule has 1 aromatic carbocycles. The molecule has 0 aliphatic heterocycles. The molecule has 0 unspecified atom stereocenters. The van der Waals surface area contributed by atoms with Crippen LogP contribution >= 0.6 is 0 Å². The van der Waals surface area contributed by atoms with Gasteiger partial charge >= 0.3 is 6.98 Å². The molecule has 1 rings (SSSR count). The van der Waals surface area contributed by atoms with Gasteiger partial charge in [0.05, 0.1) is 0 Å². The monoisotopic (exact) mass is 231 g/mol. The lowest BCUT2D eigenvalue weighted by Crippen LogP contribution is -2.40. The second-order valence-electron chi connectivity index (χ2n) is 3.96. The highest BCUT2D eigenvalue weighted by Crippen LogP contribution is 2.26. The second kappa shape index (κ2) is 4.01. The van der Waals surface area contributed by atoms with E-state index in [2.05, 4.69) is 0 Å². The Morgan fingerprint density at radius 2 is 1.50 bits per heavy atom. The van der Waals surface area contributed by atoms with Crippen molar-refractivity contribution in [3.63, 3.8) is 0 Å². The number of benzene rings is 1. The van der Waals surface area contributed by atoms with Crippen molar-refractivity contribution < 1.29 is 12.9 Å². The van der Waals surface area contributed by atoms with Crippen LogP contribution < -0.4 is 16.9 Å². The molecule has 0 aliphatic rings. The summed E-state index contributed by atoms with van der Waals surface area (Å²) >= 11 is 0. The van der Waals surface area contributed by atoms with Gasteiger partial charge in [-0.15, -0.1) is 5.46 Å². The van der Waals surface area contributed by atoms with Crippen LogP contribution in [0.3, 0.4) is 0 Å². The summed E-state index contributed by atoms with van der Waals surface area (Å²) in [6.45, 7) is -0.428. The summed E-state index contributed by atoms with van der Waals surface area (Å²) in [5.41, 5.74) is 12.2. The molecular weight excluding hydrogens is 216 g/mol. The van der Waals surface area contributed by atoms with Crippen LogP contribution in [-0.2, 0) is 6.54 Å². The summed E-state index contributed by atoms with van der Waals surface area (Å²) in [5.74, 6) is 0. The third-order valence-electron chi connectivity index (χ3n) is 3.05. The second-order valence-corrected chi connectivity index (χ2v) is 3.96. The summed E-state index contributed by atoms with van der Waals surface area (Å²) in [5, 5.41) is 0. The molecule has 0 bridgehead atoms. The zero-order valence-corrected chi connectivity index (χ0v) is 9.57. The van der Waals surface area contributed by atoms with Gasteiger partial charge in [-0.05, 0) is 31.9 Å². The van der Waals surface area contributed by atoms with Gasteiger partial charge in [-0.25, -0.2) is 0 Å². The van der Waals surface area contributed by atoms with Crippen molar-refractivity contribution in [1.29, 1.82) is 0 Å². The maximum Gasteiger partial charge on any atom is 0.510 e. The Bertz CT molecular complexity index is 427. The molecule has 0 spiro atoms. The SMILES string of the molecule is Cc1c(N)c(C)c([B-](F)(F)F)c(C)c1CN. The molecule has 16 heavy (non-hydrogen) atoms. The van der Waals surface area contributed by atoms with Gasteiger partial charge in [0, 0.05) is 12.2 Å². The van der Waals surface area contributed by atoms with Crippen molar-refractivity contribution in [2.45, 2.75) is 27.3 Å². The fraction of sp³-hybridized carbons (Fsp3) is 0.400. The van der Waals surface area contributed by atoms with Gasteiger partial charge in [0.15, 0.2) is 0 Å². The third-order valence-corrected chi connectivity index (χ3v) is 3.05. The molecule has 0 fully saturated rings. The molecule has 0 saturated carbocycles. The molecule has 0 aromatic heterocycles. The van der Waals surface area contributed by atoms with Gasteiger partial charge in [-0.1, -0.05) is 11.1 Å². The Morgan fingerprint density at radius 3 is 1.88 bits per heavy atom. The zero-order chi connectivity index (χ0) is 12.7. The number of hydrogen-bond donors (Lipinski definition) is 2.